The molecule has 5 rings (SSSR count). The highest BCUT2D eigenvalue weighted by atomic mass is 35.5. The fraction of sp³-hybridized carbons (Fsp3) is 0.407. The number of benzene rings is 2. The van der Waals surface area contributed by atoms with E-state index >= 15 is 0 Å². The summed E-state index contributed by atoms with van der Waals surface area (Å²) in [5, 5.41) is 23.8. The molecule has 3 N–H and O–H groups in total. The van der Waals surface area contributed by atoms with Crippen molar-refractivity contribution in [1.29, 1.82) is 0 Å². The molecule has 1 aromatic heterocycles. The Morgan fingerprint density at radius 3 is 2.60 bits per heavy atom. The molecule has 0 radical (unpaired) electrons. The van der Waals surface area contributed by atoms with Gasteiger partial charge < -0.3 is 20.4 Å². The summed E-state index contributed by atoms with van der Waals surface area (Å²) < 4.78 is 0. The van der Waals surface area contributed by atoms with Gasteiger partial charge in [-0.05, 0) is 41.7 Å². The Kier molecular flexibility index (Phi) is 7.48. The minimum Gasteiger partial charge on any atom is -0.396 e. The van der Waals surface area contributed by atoms with Gasteiger partial charge in [0.25, 0.3) is 0 Å². The van der Waals surface area contributed by atoms with Crippen LogP contribution in [0.3, 0.4) is 0 Å². The number of nitrogens with one attached hydrogen (secondary N) is 1. The third-order valence-corrected chi connectivity index (χ3v) is 7.59. The number of hydrogen-bond acceptors (Lipinski definition) is 7. The molecule has 0 aliphatic carbocycles. The van der Waals surface area contributed by atoms with Crippen molar-refractivity contribution >= 4 is 28.9 Å². The molecule has 0 bridgehead atoms. The van der Waals surface area contributed by atoms with Gasteiger partial charge in [-0.3, -0.25) is 4.90 Å². The monoisotopic (exact) mass is 493 g/mol. The Morgan fingerprint density at radius 1 is 1.06 bits per heavy atom. The van der Waals surface area contributed by atoms with E-state index in [0.717, 1.165) is 49.5 Å². The predicted molar refractivity (Wildman–Crippen MR) is 139 cm³/mol. The second kappa shape index (κ2) is 10.9. The molecule has 3 atom stereocenters. The molecule has 2 aromatic carbocycles. The molecular weight excluding hydrogens is 462 g/mol. The number of aliphatic hydroxyl groups is 2. The van der Waals surface area contributed by atoms with Crippen LogP contribution in [0.2, 0.25) is 0 Å². The molecular formula is C27H32ClN5O2. The number of β-amino-alcohol motifs (C(OH)–C–C–N with tert-alkyl or cyclic N) is 1. The van der Waals surface area contributed by atoms with Crippen LogP contribution in [0.25, 0.3) is 0 Å². The molecule has 2 aliphatic rings. The van der Waals surface area contributed by atoms with Gasteiger partial charge in [0.2, 0.25) is 0 Å². The molecule has 0 spiro atoms. The highest BCUT2D eigenvalue weighted by molar-refractivity contribution is 6.18. The normalized spacial score (nSPS) is 21.4. The second-order valence-electron chi connectivity index (χ2n) is 9.40. The van der Waals surface area contributed by atoms with Gasteiger partial charge in [-0.15, -0.1) is 11.6 Å². The van der Waals surface area contributed by atoms with Crippen LogP contribution in [0.15, 0.2) is 60.9 Å². The van der Waals surface area contributed by atoms with Crippen LogP contribution >= 0.6 is 11.6 Å². The molecule has 3 aromatic rings. The Labute approximate surface area is 211 Å². The topological polar surface area (TPSA) is 84.8 Å². The summed E-state index contributed by atoms with van der Waals surface area (Å²) in [7, 11) is 0. The number of fused-ring (bicyclic) bond motifs is 1. The summed E-state index contributed by atoms with van der Waals surface area (Å²) in [5.74, 6) is 1.82. The third kappa shape index (κ3) is 5.43. The first-order valence-corrected chi connectivity index (χ1v) is 12.8. The Bertz CT molecular complexity index is 1120. The smallest absolute Gasteiger partial charge is 0.135 e. The van der Waals surface area contributed by atoms with Gasteiger partial charge >= 0.3 is 0 Å². The minimum atomic E-state index is -0.436. The SMILES string of the molecule is OCC(CCl)c1ccc(Nc2cc(N3CCC(N4CCc5ccccc5C4)C(O)C3)ncn2)cc1. The first kappa shape index (κ1) is 24.0. The van der Waals surface area contributed by atoms with Crippen LogP contribution < -0.4 is 10.2 Å². The average Bonchev–Trinajstić information content (AvgIpc) is 2.90. The molecule has 8 heteroatoms. The van der Waals surface area contributed by atoms with Crippen LogP contribution in [-0.4, -0.2) is 69.3 Å². The molecule has 1 fully saturated rings. The van der Waals surface area contributed by atoms with Crippen molar-refractivity contribution < 1.29 is 10.2 Å². The lowest BCUT2D eigenvalue weighted by molar-refractivity contribution is 0.0293. The average molecular weight is 494 g/mol. The molecule has 7 nitrogen and oxygen atoms in total. The van der Waals surface area contributed by atoms with E-state index in [1.165, 1.54) is 11.1 Å². The van der Waals surface area contributed by atoms with E-state index < -0.39 is 6.10 Å². The molecule has 2 aliphatic heterocycles. The van der Waals surface area contributed by atoms with E-state index in [-0.39, 0.29) is 18.6 Å². The Balaban J connectivity index is 1.21. The van der Waals surface area contributed by atoms with Crippen LogP contribution in [0.4, 0.5) is 17.3 Å². The van der Waals surface area contributed by atoms with Crippen LogP contribution in [0.5, 0.6) is 0 Å². The van der Waals surface area contributed by atoms with Crippen molar-refractivity contribution in [2.45, 2.75) is 37.5 Å². The Morgan fingerprint density at radius 2 is 1.86 bits per heavy atom. The van der Waals surface area contributed by atoms with Crippen LogP contribution in [0, 0.1) is 0 Å². The summed E-state index contributed by atoms with van der Waals surface area (Å²) in [4.78, 5) is 13.4. The number of aromatic nitrogens is 2. The number of alkyl halides is 1. The van der Waals surface area contributed by atoms with Gasteiger partial charge in [-0.25, -0.2) is 9.97 Å². The zero-order valence-electron chi connectivity index (χ0n) is 19.7. The predicted octanol–water partition coefficient (Wildman–Crippen LogP) is 3.53. The lowest BCUT2D eigenvalue weighted by Crippen LogP contribution is -2.55. The summed E-state index contributed by atoms with van der Waals surface area (Å²) in [5.41, 5.74) is 4.71. The summed E-state index contributed by atoms with van der Waals surface area (Å²) >= 11 is 5.93. The standard InChI is InChI=1S/C27H32ClN5O2/c28-14-22(17-34)20-5-7-23(8-6-20)31-26-13-27(30-18-29-26)33-12-10-24(25(35)16-33)32-11-9-19-3-1-2-4-21(19)15-32/h1-8,13,18,22,24-25,34-35H,9-12,14-17H2,(H,29,30,31). The molecule has 0 saturated carbocycles. The molecule has 184 valence electrons. The molecule has 3 unspecified atom stereocenters. The number of halogens is 1. The fourth-order valence-electron chi connectivity index (χ4n) is 5.17. The highest BCUT2D eigenvalue weighted by Crippen LogP contribution is 2.28. The maximum atomic E-state index is 11.0. The van der Waals surface area contributed by atoms with Crippen molar-refractivity contribution in [2.75, 3.05) is 42.3 Å². The van der Waals surface area contributed by atoms with Gasteiger partial charge in [-0.1, -0.05) is 36.4 Å². The van der Waals surface area contributed by atoms with Crippen molar-refractivity contribution in [3.8, 4) is 0 Å². The van der Waals surface area contributed by atoms with Gasteiger partial charge in [-0.2, -0.15) is 0 Å². The van der Waals surface area contributed by atoms with E-state index in [1.807, 2.05) is 30.3 Å². The van der Waals surface area contributed by atoms with E-state index in [1.54, 1.807) is 6.33 Å². The van der Waals surface area contributed by atoms with Gasteiger partial charge in [0.05, 0.1) is 12.7 Å². The number of anilines is 3. The van der Waals surface area contributed by atoms with Gasteiger partial charge in [0.15, 0.2) is 0 Å². The summed E-state index contributed by atoms with van der Waals surface area (Å²) in [6.07, 6.45) is 3.05. The van der Waals surface area contributed by atoms with Crippen LogP contribution in [0.1, 0.15) is 29.0 Å². The van der Waals surface area contributed by atoms with Gasteiger partial charge in [0, 0.05) is 55.8 Å². The molecule has 3 heterocycles. The second-order valence-corrected chi connectivity index (χ2v) is 9.71. The number of nitrogens with zero attached hydrogens (tertiary/aromatic N) is 4. The number of hydrogen-bond donors (Lipinski definition) is 3. The third-order valence-electron chi connectivity index (χ3n) is 7.21. The van der Waals surface area contributed by atoms with Gasteiger partial charge in [0.1, 0.15) is 18.0 Å². The van der Waals surface area contributed by atoms with Crippen molar-refractivity contribution in [3.63, 3.8) is 0 Å². The van der Waals surface area contributed by atoms with E-state index in [9.17, 15) is 10.2 Å². The van der Waals surface area contributed by atoms with Crippen molar-refractivity contribution in [2.24, 2.45) is 0 Å². The molecule has 0 amide bonds. The van der Waals surface area contributed by atoms with E-state index in [0.29, 0.717) is 18.2 Å². The largest absolute Gasteiger partial charge is 0.396 e. The van der Waals surface area contributed by atoms with Crippen molar-refractivity contribution in [3.05, 3.63) is 77.6 Å². The maximum Gasteiger partial charge on any atom is 0.135 e. The minimum absolute atomic E-state index is 0.0269. The maximum absolute atomic E-state index is 11.0. The number of piperidine rings is 1. The lowest BCUT2D eigenvalue weighted by atomic mass is 9.94. The quantitative estimate of drug-likeness (QED) is 0.434. The molecule has 35 heavy (non-hydrogen) atoms. The van der Waals surface area contributed by atoms with Crippen LogP contribution in [-0.2, 0) is 13.0 Å². The summed E-state index contributed by atoms with van der Waals surface area (Å²) in [6.45, 7) is 3.31. The fourth-order valence-corrected chi connectivity index (χ4v) is 5.45. The summed E-state index contributed by atoms with van der Waals surface area (Å²) in [6, 6.07) is 18.6. The first-order valence-electron chi connectivity index (χ1n) is 12.2. The van der Waals surface area contributed by atoms with E-state index in [4.69, 9.17) is 11.6 Å². The highest BCUT2D eigenvalue weighted by Gasteiger charge is 2.34. The zero-order valence-corrected chi connectivity index (χ0v) is 20.5. The lowest BCUT2D eigenvalue weighted by Gasteiger charge is -2.43. The molecule has 1 saturated heterocycles. The number of aliphatic hydroxyl groups excluding tert-OH is 2. The van der Waals surface area contributed by atoms with E-state index in [2.05, 4.69) is 49.4 Å². The van der Waals surface area contributed by atoms with Crippen molar-refractivity contribution in [1.82, 2.24) is 14.9 Å². The first-order chi connectivity index (χ1) is 17.1. The Hall–Kier alpha value is -2.71. The number of rotatable bonds is 7. The zero-order chi connectivity index (χ0) is 24.2.